The standard InChI is InChI=1S/C11H13ClN2OS.ClH/c12-10-2-1-9(16-10)11(15)14-5-7-3-13-4-8(7)6-14;/h1-2,7-8,13H,3-6H2;1H/t7-,8+;. The van der Waals surface area contributed by atoms with Gasteiger partial charge in [0.25, 0.3) is 5.91 Å². The van der Waals surface area contributed by atoms with Crippen LogP contribution in [0, 0.1) is 11.8 Å². The number of rotatable bonds is 1. The van der Waals surface area contributed by atoms with Crippen LogP contribution in [-0.4, -0.2) is 37.0 Å². The average Bonchev–Trinajstić information content (AvgIpc) is 2.89. The number of amides is 1. The van der Waals surface area contributed by atoms with E-state index in [0.717, 1.165) is 31.1 Å². The zero-order valence-corrected chi connectivity index (χ0v) is 11.6. The summed E-state index contributed by atoms with van der Waals surface area (Å²) in [5.74, 6) is 1.45. The average molecular weight is 293 g/mol. The summed E-state index contributed by atoms with van der Waals surface area (Å²) in [5.41, 5.74) is 0. The quantitative estimate of drug-likeness (QED) is 0.860. The number of hydrogen-bond acceptors (Lipinski definition) is 3. The van der Waals surface area contributed by atoms with Gasteiger partial charge in [0, 0.05) is 26.2 Å². The molecule has 0 aromatic carbocycles. The van der Waals surface area contributed by atoms with Crippen LogP contribution >= 0.6 is 35.3 Å². The first-order valence-corrected chi connectivity index (χ1v) is 6.69. The zero-order valence-electron chi connectivity index (χ0n) is 9.19. The molecule has 3 heterocycles. The molecule has 0 unspecified atom stereocenters. The number of thiophene rings is 1. The van der Waals surface area contributed by atoms with Gasteiger partial charge in [-0.3, -0.25) is 4.79 Å². The number of likely N-dealkylation sites (tertiary alicyclic amines) is 1. The minimum Gasteiger partial charge on any atom is -0.337 e. The predicted octanol–water partition coefficient (Wildman–Crippen LogP) is 2.11. The van der Waals surface area contributed by atoms with Crippen molar-refractivity contribution in [2.45, 2.75) is 0 Å². The van der Waals surface area contributed by atoms with Gasteiger partial charge in [0.15, 0.2) is 0 Å². The summed E-state index contributed by atoms with van der Waals surface area (Å²) in [4.78, 5) is 14.9. The van der Waals surface area contributed by atoms with Gasteiger partial charge in [-0.25, -0.2) is 0 Å². The van der Waals surface area contributed by atoms with Crippen molar-refractivity contribution in [3.05, 3.63) is 21.3 Å². The van der Waals surface area contributed by atoms with Crippen molar-refractivity contribution < 1.29 is 4.79 Å². The highest BCUT2D eigenvalue weighted by Gasteiger charge is 2.38. The number of nitrogens with one attached hydrogen (secondary N) is 1. The summed E-state index contributed by atoms with van der Waals surface area (Å²) in [6, 6.07) is 3.61. The van der Waals surface area contributed by atoms with E-state index in [1.54, 1.807) is 6.07 Å². The minimum atomic E-state index is 0. The third-order valence-electron chi connectivity index (χ3n) is 3.46. The zero-order chi connectivity index (χ0) is 11.1. The molecule has 2 atom stereocenters. The van der Waals surface area contributed by atoms with Crippen LogP contribution in [0.25, 0.3) is 0 Å². The first-order chi connectivity index (χ1) is 7.74. The fourth-order valence-electron chi connectivity index (χ4n) is 2.61. The van der Waals surface area contributed by atoms with Gasteiger partial charge in [-0.2, -0.15) is 0 Å². The molecule has 2 aliphatic rings. The van der Waals surface area contributed by atoms with Crippen molar-refractivity contribution in [3.8, 4) is 0 Å². The molecule has 1 aromatic rings. The lowest BCUT2D eigenvalue weighted by molar-refractivity contribution is 0.0786. The topological polar surface area (TPSA) is 32.3 Å². The van der Waals surface area contributed by atoms with Gasteiger partial charge < -0.3 is 10.2 Å². The first-order valence-electron chi connectivity index (χ1n) is 5.49. The Morgan fingerprint density at radius 1 is 1.35 bits per heavy atom. The van der Waals surface area contributed by atoms with Crippen molar-refractivity contribution in [2.24, 2.45) is 11.8 Å². The van der Waals surface area contributed by atoms with Crippen molar-refractivity contribution in [1.82, 2.24) is 10.2 Å². The maximum Gasteiger partial charge on any atom is 0.263 e. The number of halogens is 2. The molecule has 1 amide bonds. The molecule has 1 aromatic heterocycles. The van der Waals surface area contributed by atoms with Crippen molar-refractivity contribution in [2.75, 3.05) is 26.2 Å². The Morgan fingerprint density at radius 2 is 2.00 bits per heavy atom. The van der Waals surface area contributed by atoms with E-state index < -0.39 is 0 Å². The van der Waals surface area contributed by atoms with Gasteiger partial charge in [0.2, 0.25) is 0 Å². The molecule has 17 heavy (non-hydrogen) atoms. The Balaban J connectivity index is 0.00000108. The Labute approximate surface area is 116 Å². The van der Waals surface area contributed by atoms with Crippen LogP contribution in [0.1, 0.15) is 9.67 Å². The Morgan fingerprint density at radius 3 is 2.53 bits per heavy atom. The van der Waals surface area contributed by atoms with E-state index in [-0.39, 0.29) is 18.3 Å². The Bertz CT molecular complexity index is 411. The highest BCUT2D eigenvalue weighted by atomic mass is 35.5. The van der Waals surface area contributed by atoms with Crippen LogP contribution in [0.3, 0.4) is 0 Å². The van der Waals surface area contributed by atoms with Gasteiger partial charge in [-0.15, -0.1) is 23.7 Å². The smallest absolute Gasteiger partial charge is 0.263 e. The third kappa shape index (κ3) is 2.45. The van der Waals surface area contributed by atoms with Crippen LogP contribution in [0.15, 0.2) is 12.1 Å². The molecule has 2 saturated heterocycles. The molecule has 2 fully saturated rings. The number of nitrogens with zero attached hydrogens (tertiary/aromatic N) is 1. The normalized spacial score (nSPS) is 26.8. The summed E-state index contributed by atoms with van der Waals surface area (Å²) in [6.45, 7) is 3.90. The summed E-state index contributed by atoms with van der Waals surface area (Å²) in [6.07, 6.45) is 0. The first kappa shape index (κ1) is 13.1. The molecular formula is C11H14Cl2N2OS. The molecule has 0 saturated carbocycles. The Kier molecular flexibility index (Phi) is 3.98. The second-order valence-electron chi connectivity index (χ2n) is 4.49. The summed E-state index contributed by atoms with van der Waals surface area (Å²) in [5, 5.41) is 3.37. The lowest BCUT2D eigenvalue weighted by Gasteiger charge is -2.16. The molecule has 0 spiro atoms. The van der Waals surface area contributed by atoms with Crippen LogP contribution in [0.2, 0.25) is 4.34 Å². The Hall–Kier alpha value is -0.290. The van der Waals surface area contributed by atoms with Gasteiger partial charge in [0.1, 0.15) is 0 Å². The van der Waals surface area contributed by atoms with Crippen LogP contribution in [0.4, 0.5) is 0 Å². The van der Waals surface area contributed by atoms with Crippen molar-refractivity contribution >= 4 is 41.3 Å². The summed E-state index contributed by atoms with van der Waals surface area (Å²) >= 11 is 7.21. The molecule has 0 aliphatic carbocycles. The number of hydrogen-bond donors (Lipinski definition) is 1. The highest BCUT2D eigenvalue weighted by Crippen LogP contribution is 2.29. The molecule has 1 N–H and O–H groups in total. The fraction of sp³-hybridized carbons (Fsp3) is 0.545. The molecule has 3 nitrogen and oxygen atoms in total. The maximum absolute atomic E-state index is 12.1. The minimum absolute atomic E-state index is 0. The molecule has 94 valence electrons. The predicted molar refractivity (Wildman–Crippen MR) is 72.3 cm³/mol. The van der Waals surface area contributed by atoms with Crippen LogP contribution in [-0.2, 0) is 0 Å². The molecule has 6 heteroatoms. The van der Waals surface area contributed by atoms with Gasteiger partial charge >= 0.3 is 0 Å². The monoisotopic (exact) mass is 292 g/mol. The van der Waals surface area contributed by atoms with E-state index in [9.17, 15) is 4.79 Å². The lowest BCUT2D eigenvalue weighted by Crippen LogP contribution is -2.31. The number of carbonyl (C=O) groups is 1. The van der Waals surface area contributed by atoms with Gasteiger partial charge in [0.05, 0.1) is 9.21 Å². The highest BCUT2D eigenvalue weighted by molar-refractivity contribution is 7.17. The number of fused-ring (bicyclic) bond motifs is 1. The SMILES string of the molecule is Cl.O=C(c1ccc(Cl)s1)N1C[C@H]2CNC[C@H]2C1. The summed E-state index contributed by atoms with van der Waals surface area (Å²) in [7, 11) is 0. The number of carbonyl (C=O) groups excluding carboxylic acids is 1. The summed E-state index contributed by atoms with van der Waals surface area (Å²) < 4.78 is 0.685. The van der Waals surface area contributed by atoms with E-state index in [0.29, 0.717) is 16.2 Å². The van der Waals surface area contributed by atoms with E-state index in [4.69, 9.17) is 11.6 Å². The maximum atomic E-state index is 12.1. The molecule has 3 rings (SSSR count). The molecule has 0 radical (unpaired) electrons. The van der Waals surface area contributed by atoms with Crippen molar-refractivity contribution in [3.63, 3.8) is 0 Å². The van der Waals surface area contributed by atoms with Crippen molar-refractivity contribution in [1.29, 1.82) is 0 Å². The fourth-order valence-corrected chi connectivity index (χ4v) is 3.62. The lowest BCUT2D eigenvalue weighted by atomic mass is 10.0. The second-order valence-corrected chi connectivity index (χ2v) is 6.21. The third-order valence-corrected chi connectivity index (χ3v) is 4.68. The van der Waals surface area contributed by atoms with E-state index >= 15 is 0 Å². The van der Waals surface area contributed by atoms with Crippen LogP contribution in [0.5, 0.6) is 0 Å². The van der Waals surface area contributed by atoms with Gasteiger partial charge in [-0.1, -0.05) is 11.6 Å². The molecular weight excluding hydrogens is 279 g/mol. The van der Waals surface area contributed by atoms with E-state index in [1.165, 1.54) is 11.3 Å². The van der Waals surface area contributed by atoms with E-state index in [1.807, 2.05) is 11.0 Å². The van der Waals surface area contributed by atoms with Crippen LogP contribution < -0.4 is 5.32 Å². The van der Waals surface area contributed by atoms with Gasteiger partial charge in [-0.05, 0) is 24.0 Å². The molecule has 0 bridgehead atoms. The molecule has 2 aliphatic heterocycles. The second kappa shape index (κ2) is 5.14. The van der Waals surface area contributed by atoms with E-state index in [2.05, 4.69) is 5.32 Å². The largest absolute Gasteiger partial charge is 0.337 e.